The molecule has 84 valence electrons. The van der Waals surface area contributed by atoms with Crippen LogP contribution in [0.4, 0.5) is 13.2 Å². The van der Waals surface area contributed by atoms with Gasteiger partial charge in [0.1, 0.15) is 6.10 Å². The van der Waals surface area contributed by atoms with Crippen LogP contribution in [0.3, 0.4) is 0 Å². The largest absolute Gasteiger partial charge is 0.414 e. The van der Waals surface area contributed by atoms with Crippen molar-refractivity contribution in [3.63, 3.8) is 0 Å². The van der Waals surface area contributed by atoms with E-state index < -0.39 is 12.3 Å². The molecule has 0 radical (unpaired) electrons. The second kappa shape index (κ2) is 4.99. The molecule has 15 heavy (non-hydrogen) atoms. The molecule has 0 fully saturated rings. The highest BCUT2D eigenvalue weighted by molar-refractivity contribution is 9.10. The molecule has 0 aliphatic heterocycles. The summed E-state index contributed by atoms with van der Waals surface area (Å²) in [6.45, 7) is 0. The van der Waals surface area contributed by atoms with Gasteiger partial charge in [-0.2, -0.15) is 13.2 Å². The Labute approximate surface area is 94.0 Å². The lowest BCUT2D eigenvalue weighted by atomic mass is 10.1. The Balaban J connectivity index is 2.47. The van der Waals surface area contributed by atoms with E-state index in [-0.39, 0.29) is 12.8 Å². The van der Waals surface area contributed by atoms with Crippen LogP contribution < -0.4 is 0 Å². The third kappa shape index (κ3) is 4.22. The van der Waals surface area contributed by atoms with Crippen LogP contribution in [0, 0.1) is 0 Å². The monoisotopic (exact) mass is 282 g/mol. The number of aryl methyl sites for hydroxylation is 1. The summed E-state index contributed by atoms with van der Waals surface area (Å²) in [5.74, 6) is 0. The standard InChI is InChI=1S/C10H10BrF3O/c11-8-4-1-7(2-5-8)3-6-9(15)10(12,13)14/h1-2,4-5,9,15H,3,6H2/t9-/m0/s1. The molecule has 0 amide bonds. The molecule has 0 unspecified atom stereocenters. The highest BCUT2D eigenvalue weighted by Gasteiger charge is 2.37. The van der Waals surface area contributed by atoms with Crippen LogP contribution in [0.5, 0.6) is 0 Å². The maximum absolute atomic E-state index is 12.0. The maximum Gasteiger partial charge on any atom is 0.414 e. The van der Waals surface area contributed by atoms with E-state index in [1.165, 1.54) is 0 Å². The summed E-state index contributed by atoms with van der Waals surface area (Å²) in [6.07, 6.45) is -6.84. The predicted molar refractivity (Wildman–Crippen MR) is 54.5 cm³/mol. The van der Waals surface area contributed by atoms with Crippen molar-refractivity contribution in [1.82, 2.24) is 0 Å². The van der Waals surface area contributed by atoms with Crippen LogP contribution in [-0.2, 0) is 6.42 Å². The van der Waals surface area contributed by atoms with E-state index >= 15 is 0 Å². The van der Waals surface area contributed by atoms with Gasteiger partial charge in [-0.05, 0) is 30.5 Å². The van der Waals surface area contributed by atoms with Crippen LogP contribution in [0.2, 0.25) is 0 Å². The van der Waals surface area contributed by atoms with Crippen LogP contribution in [0.15, 0.2) is 28.7 Å². The average Bonchev–Trinajstić information content (AvgIpc) is 2.15. The fourth-order valence-electron chi connectivity index (χ4n) is 1.12. The van der Waals surface area contributed by atoms with Crippen molar-refractivity contribution in [1.29, 1.82) is 0 Å². The lowest BCUT2D eigenvalue weighted by Crippen LogP contribution is -2.28. The first-order chi connectivity index (χ1) is 6.89. The molecule has 0 saturated carbocycles. The van der Waals surface area contributed by atoms with Crippen LogP contribution in [-0.4, -0.2) is 17.4 Å². The molecule has 1 N–H and O–H groups in total. The molecule has 0 aliphatic carbocycles. The summed E-state index contributed by atoms with van der Waals surface area (Å²) in [5, 5.41) is 8.77. The number of benzene rings is 1. The van der Waals surface area contributed by atoms with Gasteiger partial charge >= 0.3 is 6.18 Å². The molecule has 0 aromatic heterocycles. The van der Waals surface area contributed by atoms with Crippen molar-refractivity contribution in [2.24, 2.45) is 0 Å². The summed E-state index contributed by atoms with van der Waals surface area (Å²) >= 11 is 3.23. The second-order valence-corrected chi connectivity index (χ2v) is 4.14. The quantitative estimate of drug-likeness (QED) is 0.902. The van der Waals surface area contributed by atoms with Crippen molar-refractivity contribution in [2.75, 3.05) is 0 Å². The Bertz CT molecular complexity index is 307. The molecular weight excluding hydrogens is 273 g/mol. The zero-order valence-corrected chi connectivity index (χ0v) is 9.35. The molecule has 0 heterocycles. The Morgan fingerprint density at radius 2 is 1.73 bits per heavy atom. The molecule has 1 nitrogen and oxygen atoms in total. The summed E-state index contributed by atoms with van der Waals surface area (Å²) in [7, 11) is 0. The molecule has 5 heteroatoms. The van der Waals surface area contributed by atoms with Crippen LogP contribution in [0.1, 0.15) is 12.0 Å². The zero-order valence-electron chi connectivity index (χ0n) is 7.76. The van der Waals surface area contributed by atoms with E-state index in [9.17, 15) is 13.2 Å². The van der Waals surface area contributed by atoms with Gasteiger partial charge in [0.05, 0.1) is 0 Å². The minimum Gasteiger partial charge on any atom is -0.384 e. The number of halogens is 4. The molecule has 0 spiro atoms. The van der Waals surface area contributed by atoms with Gasteiger partial charge in [0.2, 0.25) is 0 Å². The van der Waals surface area contributed by atoms with Crippen molar-refractivity contribution >= 4 is 15.9 Å². The van der Waals surface area contributed by atoms with Gasteiger partial charge in [0.25, 0.3) is 0 Å². The first-order valence-electron chi connectivity index (χ1n) is 4.39. The number of hydrogen-bond acceptors (Lipinski definition) is 1. The SMILES string of the molecule is O[C@@H](CCc1ccc(Br)cc1)C(F)(F)F. The fourth-order valence-corrected chi connectivity index (χ4v) is 1.38. The minimum atomic E-state index is -4.52. The van der Waals surface area contributed by atoms with Gasteiger partial charge in [0, 0.05) is 4.47 Å². The molecule has 1 rings (SSSR count). The molecule has 0 aliphatic rings. The van der Waals surface area contributed by atoms with Gasteiger partial charge in [-0.25, -0.2) is 0 Å². The lowest BCUT2D eigenvalue weighted by Gasteiger charge is -2.13. The van der Waals surface area contributed by atoms with E-state index in [4.69, 9.17) is 5.11 Å². The molecule has 1 aromatic rings. The highest BCUT2D eigenvalue weighted by atomic mass is 79.9. The van der Waals surface area contributed by atoms with E-state index in [0.29, 0.717) is 0 Å². The van der Waals surface area contributed by atoms with Crippen molar-refractivity contribution in [2.45, 2.75) is 25.1 Å². The van der Waals surface area contributed by atoms with Crippen LogP contribution in [0.25, 0.3) is 0 Å². The second-order valence-electron chi connectivity index (χ2n) is 3.22. The van der Waals surface area contributed by atoms with Crippen molar-refractivity contribution in [3.8, 4) is 0 Å². The Morgan fingerprint density at radius 1 is 1.20 bits per heavy atom. The number of alkyl halides is 3. The number of aliphatic hydroxyl groups is 1. The number of hydrogen-bond donors (Lipinski definition) is 1. The van der Waals surface area contributed by atoms with Gasteiger partial charge in [-0.1, -0.05) is 28.1 Å². The fraction of sp³-hybridized carbons (Fsp3) is 0.400. The highest BCUT2D eigenvalue weighted by Crippen LogP contribution is 2.23. The Kier molecular flexibility index (Phi) is 4.16. The third-order valence-electron chi connectivity index (χ3n) is 2.00. The summed E-state index contributed by atoms with van der Waals surface area (Å²) in [6, 6.07) is 6.98. The average molecular weight is 283 g/mol. The van der Waals surface area contributed by atoms with Crippen molar-refractivity contribution in [3.05, 3.63) is 34.3 Å². The van der Waals surface area contributed by atoms with Gasteiger partial charge in [0.15, 0.2) is 0 Å². The zero-order chi connectivity index (χ0) is 11.5. The Morgan fingerprint density at radius 3 is 2.20 bits per heavy atom. The maximum atomic E-state index is 12.0. The van der Waals surface area contributed by atoms with E-state index in [1.807, 2.05) is 0 Å². The lowest BCUT2D eigenvalue weighted by molar-refractivity contribution is -0.205. The molecule has 1 aromatic carbocycles. The van der Waals surface area contributed by atoms with Gasteiger partial charge in [-0.15, -0.1) is 0 Å². The van der Waals surface area contributed by atoms with Gasteiger partial charge in [-0.3, -0.25) is 0 Å². The van der Waals surface area contributed by atoms with Gasteiger partial charge < -0.3 is 5.11 Å². The molecule has 0 saturated heterocycles. The normalized spacial score (nSPS) is 13.9. The van der Waals surface area contributed by atoms with E-state index in [2.05, 4.69) is 15.9 Å². The summed E-state index contributed by atoms with van der Waals surface area (Å²) < 4.78 is 36.8. The smallest absolute Gasteiger partial charge is 0.384 e. The topological polar surface area (TPSA) is 20.2 Å². The first kappa shape index (κ1) is 12.5. The molecular formula is C10H10BrF3O. The number of aliphatic hydroxyl groups excluding tert-OH is 1. The van der Waals surface area contributed by atoms with Crippen LogP contribution >= 0.6 is 15.9 Å². The first-order valence-corrected chi connectivity index (χ1v) is 5.18. The predicted octanol–water partition coefficient (Wildman–Crippen LogP) is 3.30. The summed E-state index contributed by atoms with van der Waals surface area (Å²) in [5.41, 5.74) is 0.779. The number of rotatable bonds is 3. The third-order valence-corrected chi connectivity index (χ3v) is 2.53. The van der Waals surface area contributed by atoms with E-state index in [0.717, 1.165) is 10.0 Å². The molecule has 0 bridgehead atoms. The summed E-state index contributed by atoms with van der Waals surface area (Å²) in [4.78, 5) is 0. The Hall–Kier alpha value is -0.550. The minimum absolute atomic E-state index is 0.216. The molecule has 1 atom stereocenters. The van der Waals surface area contributed by atoms with E-state index in [1.54, 1.807) is 24.3 Å². The van der Waals surface area contributed by atoms with Crippen molar-refractivity contribution < 1.29 is 18.3 Å².